The summed E-state index contributed by atoms with van der Waals surface area (Å²) in [5.41, 5.74) is 1.48. The van der Waals surface area contributed by atoms with E-state index in [0.29, 0.717) is 5.69 Å². The number of nitrogens with one attached hydrogen (secondary N) is 2. The van der Waals surface area contributed by atoms with E-state index in [4.69, 9.17) is 0 Å². The third-order valence-electron chi connectivity index (χ3n) is 4.76. The predicted molar refractivity (Wildman–Crippen MR) is 80.1 cm³/mol. The van der Waals surface area contributed by atoms with Crippen LogP contribution in [0.1, 0.15) is 6.42 Å². The monoisotopic (exact) mass is 297 g/mol. The Morgan fingerprint density at radius 2 is 2.00 bits per heavy atom. The van der Waals surface area contributed by atoms with Gasteiger partial charge in [-0.25, -0.2) is 0 Å². The Kier molecular flexibility index (Phi) is 2.79. The number of anilines is 1. The Morgan fingerprint density at radius 3 is 2.77 bits per heavy atom. The van der Waals surface area contributed by atoms with Crippen molar-refractivity contribution in [2.45, 2.75) is 6.42 Å². The molecule has 1 amide bonds. The number of H-pyrrole nitrogens is 1. The number of aliphatic carboxylic acids is 1. The molecular formula is C16H15N3O3. The molecule has 1 saturated carbocycles. The van der Waals surface area contributed by atoms with Crippen molar-refractivity contribution >= 4 is 28.5 Å². The van der Waals surface area contributed by atoms with Crippen LogP contribution in [0, 0.1) is 23.7 Å². The Balaban J connectivity index is 1.58. The number of hydrogen-bond acceptors (Lipinski definition) is 3. The van der Waals surface area contributed by atoms with E-state index < -0.39 is 17.8 Å². The van der Waals surface area contributed by atoms with Crippen molar-refractivity contribution in [2.24, 2.45) is 23.7 Å². The number of hydrogen-bond donors (Lipinski definition) is 3. The minimum atomic E-state index is -0.888. The molecule has 2 bridgehead atoms. The highest BCUT2D eigenvalue weighted by Gasteiger charge is 2.51. The lowest BCUT2D eigenvalue weighted by Gasteiger charge is -2.23. The van der Waals surface area contributed by atoms with Crippen molar-refractivity contribution in [3.63, 3.8) is 0 Å². The van der Waals surface area contributed by atoms with Crippen LogP contribution in [0.4, 0.5) is 5.69 Å². The zero-order chi connectivity index (χ0) is 15.3. The molecule has 6 nitrogen and oxygen atoms in total. The molecule has 2 aliphatic rings. The molecule has 4 unspecified atom stereocenters. The first-order valence-electron chi connectivity index (χ1n) is 7.28. The predicted octanol–water partition coefficient (Wildman–Crippen LogP) is 2.02. The molecule has 3 N–H and O–H groups in total. The smallest absolute Gasteiger partial charge is 0.307 e. The van der Waals surface area contributed by atoms with E-state index in [9.17, 15) is 14.7 Å². The lowest BCUT2D eigenvalue weighted by molar-refractivity contribution is -0.146. The van der Waals surface area contributed by atoms with E-state index in [1.165, 1.54) is 0 Å². The standard InChI is InChI=1S/C16H15N3O3/c20-15(13-8-1-2-9(5-8)14(13)16(21)22)18-11-4-3-10-7-17-19-12(10)6-11/h1-4,6-9,13-14H,5H2,(H,17,19)(H,18,20)(H,21,22). The van der Waals surface area contributed by atoms with Crippen LogP contribution < -0.4 is 5.32 Å². The normalized spacial score (nSPS) is 29.1. The van der Waals surface area contributed by atoms with Gasteiger partial charge in [0.25, 0.3) is 0 Å². The summed E-state index contributed by atoms with van der Waals surface area (Å²) in [7, 11) is 0. The van der Waals surface area contributed by atoms with Gasteiger partial charge >= 0.3 is 5.97 Å². The fraction of sp³-hybridized carbons (Fsp3) is 0.312. The van der Waals surface area contributed by atoms with Crippen molar-refractivity contribution in [3.8, 4) is 0 Å². The first kappa shape index (κ1) is 13.1. The number of allylic oxidation sites excluding steroid dienone is 2. The van der Waals surface area contributed by atoms with Gasteiger partial charge in [-0.1, -0.05) is 12.2 Å². The number of aromatic nitrogens is 2. The average Bonchev–Trinajstić information content (AvgIpc) is 3.20. The topological polar surface area (TPSA) is 95.1 Å². The van der Waals surface area contributed by atoms with Crippen LogP contribution in [0.25, 0.3) is 10.9 Å². The molecule has 2 aliphatic carbocycles. The van der Waals surface area contributed by atoms with Gasteiger partial charge in [0.2, 0.25) is 5.91 Å². The van der Waals surface area contributed by atoms with Gasteiger partial charge in [0.1, 0.15) is 0 Å². The van der Waals surface area contributed by atoms with Gasteiger partial charge in [-0.3, -0.25) is 14.7 Å². The summed E-state index contributed by atoms with van der Waals surface area (Å²) < 4.78 is 0. The number of carbonyl (C=O) groups is 2. The molecule has 2 aromatic rings. The molecule has 112 valence electrons. The molecular weight excluding hydrogens is 282 g/mol. The van der Waals surface area contributed by atoms with Crippen molar-refractivity contribution < 1.29 is 14.7 Å². The summed E-state index contributed by atoms with van der Waals surface area (Å²) in [6.45, 7) is 0. The highest BCUT2D eigenvalue weighted by molar-refractivity contribution is 5.97. The van der Waals surface area contributed by atoms with E-state index in [1.54, 1.807) is 18.3 Å². The van der Waals surface area contributed by atoms with Crippen molar-refractivity contribution in [3.05, 3.63) is 36.5 Å². The number of rotatable bonds is 3. The zero-order valence-electron chi connectivity index (χ0n) is 11.7. The molecule has 6 heteroatoms. The van der Waals surface area contributed by atoms with E-state index in [2.05, 4.69) is 15.5 Å². The maximum Gasteiger partial charge on any atom is 0.307 e. The molecule has 1 heterocycles. The summed E-state index contributed by atoms with van der Waals surface area (Å²) in [4.78, 5) is 24.0. The summed E-state index contributed by atoms with van der Waals surface area (Å²) in [6, 6.07) is 5.47. The number of carboxylic acids is 1. The minimum Gasteiger partial charge on any atom is -0.481 e. The van der Waals surface area contributed by atoms with Crippen LogP contribution in [0.5, 0.6) is 0 Å². The van der Waals surface area contributed by atoms with Gasteiger partial charge in [0.05, 0.1) is 23.5 Å². The Bertz CT molecular complexity index is 795. The zero-order valence-corrected chi connectivity index (χ0v) is 11.7. The summed E-state index contributed by atoms with van der Waals surface area (Å²) in [5.74, 6) is -2.21. The molecule has 22 heavy (non-hydrogen) atoms. The molecule has 0 aliphatic heterocycles. The molecule has 1 fully saturated rings. The van der Waals surface area contributed by atoms with Crippen LogP contribution in [0.15, 0.2) is 36.5 Å². The summed E-state index contributed by atoms with van der Waals surface area (Å²) >= 11 is 0. The van der Waals surface area contributed by atoms with E-state index in [0.717, 1.165) is 17.3 Å². The average molecular weight is 297 g/mol. The van der Waals surface area contributed by atoms with E-state index in [1.807, 2.05) is 18.2 Å². The molecule has 0 spiro atoms. The molecule has 0 saturated heterocycles. The largest absolute Gasteiger partial charge is 0.481 e. The lowest BCUT2D eigenvalue weighted by Crippen LogP contribution is -2.36. The fourth-order valence-electron chi connectivity index (χ4n) is 3.76. The van der Waals surface area contributed by atoms with Gasteiger partial charge < -0.3 is 10.4 Å². The minimum absolute atomic E-state index is 0.0201. The second-order valence-corrected chi connectivity index (χ2v) is 6.00. The van der Waals surface area contributed by atoms with Crippen LogP contribution in [-0.4, -0.2) is 27.2 Å². The van der Waals surface area contributed by atoms with E-state index >= 15 is 0 Å². The summed E-state index contributed by atoms with van der Waals surface area (Å²) in [5, 5.41) is 20.0. The number of carboxylic acid groups (broad SMARTS) is 1. The van der Waals surface area contributed by atoms with Crippen LogP contribution in [-0.2, 0) is 9.59 Å². The quantitative estimate of drug-likeness (QED) is 0.755. The van der Waals surface area contributed by atoms with E-state index in [-0.39, 0.29) is 17.7 Å². The number of fused-ring (bicyclic) bond motifs is 3. The van der Waals surface area contributed by atoms with Crippen LogP contribution in [0.3, 0.4) is 0 Å². The second-order valence-electron chi connectivity index (χ2n) is 6.00. The second kappa shape index (κ2) is 4.69. The lowest BCUT2D eigenvalue weighted by atomic mass is 9.82. The van der Waals surface area contributed by atoms with Gasteiger partial charge in [0.15, 0.2) is 0 Å². The van der Waals surface area contributed by atoms with Gasteiger partial charge in [0, 0.05) is 11.1 Å². The third kappa shape index (κ3) is 1.91. The number of carbonyl (C=O) groups excluding carboxylic acids is 1. The van der Waals surface area contributed by atoms with Crippen molar-refractivity contribution in [2.75, 3.05) is 5.32 Å². The first-order valence-corrected chi connectivity index (χ1v) is 7.28. The maximum absolute atomic E-state index is 12.6. The number of amides is 1. The highest BCUT2D eigenvalue weighted by Crippen LogP contribution is 2.48. The Morgan fingerprint density at radius 1 is 1.23 bits per heavy atom. The molecule has 1 aromatic heterocycles. The molecule has 1 aromatic carbocycles. The first-order chi connectivity index (χ1) is 10.6. The Labute approximate surface area is 126 Å². The van der Waals surface area contributed by atoms with Gasteiger partial charge in [-0.2, -0.15) is 5.10 Å². The molecule has 4 rings (SSSR count). The number of benzene rings is 1. The SMILES string of the molecule is O=C(O)C1C2C=CC(C2)C1C(=O)Nc1ccc2cn[nH]c2c1. The molecule has 4 atom stereocenters. The van der Waals surface area contributed by atoms with Crippen molar-refractivity contribution in [1.29, 1.82) is 0 Å². The number of aromatic amines is 1. The molecule has 0 radical (unpaired) electrons. The summed E-state index contributed by atoms with van der Waals surface area (Å²) in [6.07, 6.45) is 6.38. The van der Waals surface area contributed by atoms with Gasteiger partial charge in [-0.15, -0.1) is 0 Å². The van der Waals surface area contributed by atoms with Crippen LogP contribution >= 0.6 is 0 Å². The maximum atomic E-state index is 12.6. The fourth-order valence-corrected chi connectivity index (χ4v) is 3.76. The third-order valence-corrected chi connectivity index (χ3v) is 4.76. The number of nitrogens with zero attached hydrogens (tertiary/aromatic N) is 1. The van der Waals surface area contributed by atoms with Gasteiger partial charge in [-0.05, 0) is 36.5 Å². The van der Waals surface area contributed by atoms with Crippen molar-refractivity contribution in [1.82, 2.24) is 10.2 Å². The van der Waals surface area contributed by atoms with Crippen LogP contribution in [0.2, 0.25) is 0 Å². The Hall–Kier alpha value is -2.63. The highest BCUT2D eigenvalue weighted by atomic mass is 16.4.